The van der Waals surface area contributed by atoms with Crippen LogP contribution < -0.4 is 9.47 Å². The van der Waals surface area contributed by atoms with Crippen molar-refractivity contribution in [2.45, 2.75) is 77.6 Å². The van der Waals surface area contributed by atoms with Gasteiger partial charge in [0.25, 0.3) is 0 Å². The summed E-state index contributed by atoms with van der Waals surface area (Å²) in [6.45, 7) is 6.67. The molecule has 0 aromatic heterocycles. The summed E-state index contributed by atoms with van der Waals surface area (Å²) in [6, 6.07) is 15.9. The van der Waals surface area contributed by atoms with Crippen LogP contribution in [0.15, 0.2) is 67.3 Å². The summed E-state index contributed by atoms with van der Waals surface area (Å²) in [5.74, 6) is 1.55. The van der Waals surface area contributed by atoms with Crippen LogP contribution in [0.5, 0.6) is 11.5 Å². The number of unbranched alkanes of at least 4 members (excludes halogenated alkanes) is 3. The van der Waals surface area contributed by atoms with Crippen molar-refractivity contribution in [1.82, 2.24) is 0 Å². The van der Waals surface area contributed by atoms with Crippen molar-refractivity contribution < 1.29 is 23.8 Å². The van der Waals surface area contributed by atoms with Crippen molar-refractivity contribution in [2.24, 2.45) is 5.92 Å². The van der Waals surface area contributed by atoms with E-state index >= 15 is 0 Å². The van der Waals surface area contributed by atoms with E-state index in [9.17, 15) is 9.59 Å². The number of benzene rings is 2. The van der Waals surface area contributed by atoms with Crippen molar-refractivity contribution in [1.29, 1.82) is 0 Å². The lowest BCUT2D eigenvalue weighted by atomic mass is 9.86. The lowest BCUT2D eigenvalue weighted by Crippen LogP contribution is -2.08. The van der Waals surface area contributed by atoms with E-state index in [2.05, 4.69) is 13.5 Å². The summed E-state index contributed by atoms with van der Waals surface area (Å²) in [5, 5.41) is 0. The maximum Gasteiger partial charge on any atom is 0.343 e. The number of rotatable bonds is 13. The van der Waals surface area contributed by atoms with Crippen LogP contribution in [0.1, 0.15) is 87.9 Å². The Balaban J connectivity index is 0.000000425. The van der Waals surface area contributed by atoms with Crippen LogP contribution in [0.25, 0.3) is 0 Å². The van der Waals surface area contributed by atoms with Gasteiger partial charge in [-0.1, -0.05) is 76.6 Å². The highest BCUT2D eigenvalue weighted by Gasteiger charge is 2.11. The van der Waals surface area contributed by atoms with E-state index in [4.69, 9.17) is 14.2 Å². The second-order valence-electron chi connectivity index (χ2n) is 9.15. The van der Waals surface area contributed by atoms with Gasteiger partial charge in [-0.05, 0) is 68.0 Å². The Morgan fingerprint density at radius 1 is 0.861 bits per heavy atom. The molecule has 36 heavy (non-hydrogen) atoms. The number of carbonyl (C=O) groups is 2. The Morgan fingerprint density at radius 2 is 1.53 bits per heavy atom. The van der Waals surface area contributed by atoms with Crippen LogP contribution in [0.2, 0.25) is 0 Å². The van der Waals surface area contributed by atoms with Gasteiger partial charge in [-0.15, -0.1) is 0 Å². The highest BCUT2D eigenvalue weighted by atomic mass is 16.5. The third kappa shape index (κ3) is 12.6. The standard InChI is InChI=1S/C22H24O5.C9H18/c1-2-21(23)26-17-9-4-3-8-16-25-19-14-12-18(13-15-19)22(24)27-20-10-6-5-7-11-20;1-2-6-9-7-4-3-5-8-9/h2,5-7,10-15H,1,3-4,8-9,16-17H2;9H,2-8H2,1H3. The predicted octanol–water partition coefficient (Wildman–Crippen LogP) is 7.94. The van der Waals surface area contributed by atoms with E-state index in [0.717, 1.165) is 31.6 Å². The van der Waals surface area contributed by atoms with Gasteiger partial charge >= 0.3 is 11.9 Å². The molecule has 2 aromatic carbocycles. The number of para-hydroxylation sites is 1. The van der Waals surface area contributed by atoms with E-state index in [1.165, 1.54) is 51.0 Å². The maximum atomic E-state index is 12.1. The van der Waals surface area contributed by atoms with Gasteiger partial charge in [-0.25, -0.2) is 9.59 Å². The molecule has 2 aromatic rings. The second-order valence-corrected chi connectivity index (χ2v) is 9.15. The molecule has 0 amide bonds. The molecule has 196 valence electrons. The van der Waals surface area contributed by atoms with E-state index in [1.54, 1.807) is 36.4 Å². The van der Waals surface area contributed by atoms with Crippen molar-refractivity contribution in [2.75, 3.05) is 13.2 Å². The lowest BCUT2D eigenvalue weighted by molar-refractivity contribution is -0.137. The summed E-state index contributed by atoms with van der Waals surface area (Å²) in [5.41, 5.74) is 0.472. The maximum absolute atomic E-state index is 12.1. The smallest absolute Gasteiger partial charge is 0.343 e. The molecule has 0 aliphatic heterocycles. The van der Waals surface area contributed by atoms with Crippen molar-refractivity contribution in [3.05, 3.63) is 72.8 Å². The van der Waals surface area contributed by atoms with E-state index < -0.39 is 5.97 Å². The van der Waals surface area contributed by atoms with Crippen LogP contribution in [0.4, 0.5) is 0 Å². The van der Waals surface area contributed by atoms with Gasteiger partial charge in [-0.3, -0.25) is 0 Å². The van der Waals surface area contributed by atoms with Crippen molar-refractivity contribution >= 4 is 11.9 Å². The number of esters is 2. The molecule has 0 N–H and O–H groups in total. The molecule has 3 rings (SSSR count). The largest absolute Gasteiger partial charge is 0.494 e. The molecule has 1 aliphatic carbocycles. The Morgan fingerprint density at radius 3 is 2.17 bits per heavy atom. The topological polar surface area (TPSA) is 61.8 Å². The molecule has 5 nitrogen and oxygen atoms in total. The quantitative estimate of drug-likeness (QED) is 0.122. The fourth-order valence-corrected chi connectivity index (χ4v) is 4.21. The highest BCUT2D eigenvalue weighted by molar-refractivity contribution is 5.91. The van der Waals surface area contributed by atoms with Crippen molar-refractivity contribution in [3.63, 3.8) is 0 Å². The first-order valence-electron chi connectivity index (χ1n) is 13.4. The molecule has 1 fully saturated rings. The zero-order valence-electron chi connectivity index (χ0n) is 21.8. The Labute approximate surface area is 216 Å². The number of carbonyl (C=O) groups excluding carboxylic acids is 2. The minimum Gasteiger partial charge on any atom is -0.494 e. The first-order valence-corrected chi connectivity index (χ1v) is 13.4. The van der Waals surface area contributed by atoms with Gasteiger partial charge in [0.1, 0.15) is 11.5 Å². The molecule has 0 unspecified atom stereocenters. The van der Waals surface area contributed by atoms with Crippen LogP contribution in [-0.4, -0.2) is 25.2 Å². The minimum atomic E-state index is -0.398. The SMILES string of the molecule is C=CC(=O)OCCCCCCOc1ccc(C(=O)Oc2ccccc2)cc1.CCCC1CCCCC1. The van der Waals surface area contributed by atoms with E-state index in [0.29, 0.717) is 30.3 Å². The summed E-state index contributed by atoms with van der Waals surface area (Å²) in [4.78, 5) is 22.9. The van der Waals surface area contributed by atoms with Gasteiger partial charge in [-0.2, -0.15) is 0 Å². The molecule has 1 aliphatic rings. The van der Waals surface area contributed by atoms with Gasteiger partial charge in [0.2, 0.25) is 0 Å². The number of hydrogen-bond donors (Lipinski definition) is 0. The first kappa shape index (κ1) is 29.2. The third-order valence-corrected chi connectivity index (χ3v) is 6.18. The normalized spacial score (nSPS) is 13.1. The summed E-state index contributed by atoms with van der Waals surface area (Å²) >= 11 is 0. The molecular formula is C31H42O5. The average Bonchev–Trinajstić information content (AvgIpc) is 2.92. The lowest BCUT2D eigenvalue weighted by Gasteiger charge is -2.20. The van der Waals surface area contributed by atoms with Crippen molar-refractivity contribution in [3.8, 4) is 11.5 Å². The second kappa shape index (κ2) is 18.2. The van der Waals surface area contributed by atoms with Gasteiger partial charge in [0.05, 0.1) is 18.8 Å². The Hall–Kier alpha value is -3.08. The molecule has 5 heteroatoms. The molecule has 0 heterocycles. The number of hydrogen-bond acceptors (Lipinski definition) is 5. The molecule has 0 radical (unpaired) electrons. The van der Waals surface area contributed by atoms with Crippen LogP contribution >= 0.6 is 0 Å². The van der Waals surface area contributed by atoms with E-state index in [-0.39, 0.29) is 5.97 Å². The molecule has 0 saturated heterocycles. The zero-order chi connectivity index (χ0) is 25.8. The van der Waals surface area contributed by atoms with Gasteiger partial charge < -0.3 is 14.2 Å². The Kier molecular flexibility index (Phi) is 14.8. The fourth-order valence-electron chi connectivity index (χ4n) is 4.21. The van der Waals surface area contributed by atoms with Gasteiger partial charge in [0.15, 0.2) is 0 Å². The molecule has 1 saturated carbocycles. The minimum absolute atomic E-state index is 0.380. The summed E-state index contributed by atoms with van der Waals surface area (Å²) in [7, 11) is 0. The Bertz CT molecular complexity index is 867. The monoisotopic (exact) mass is 494 g/mol. The third-order valence-electron chi connectivity index (χ3n) is 6.18. The van der Waals surface area contributed by atoms with Crippen LogP contribution in [0, 0.1) is 5.92 Å². The van der Waals surface area contributed by atoms with Gasteiger partial charge in [0, 0.05) is 6.08 Å². The molecular weight excluding hydrogens is 452 g/mol. The molecule has 0 spiro atoms. The highest BCUT2D eigenvalue weighted by Crippen LogP contribution is 2.26. The first-order chi connectivity index (χ1) is 17.6. The predicted molar refractivity (Wildman–Crippen MR) is 144 cm³/mol. The van der Waals surface area contributed by atoms with E-state index in [1.807, 2.05) is 18.2 Å². The average molecular weight is 495 g/mol. The molecule has 0 atom stereocenters. The van der Waals surface area contributed by atoms with Crippen LogP contribution in [0.3, 0.4) is 0 Å². The van der Waals surface area contributed by atoms with Crippen LogP contribution in [-0.2, 0) is 9.53 Å². The summed E-state index contributed by atoms with van der Waals surface area (Å²) in [6.07, 6.45) is 15.3. The fraction of sp³-hybridized carbons (Fsp3) is 0.484. The summed E-state index contributed by atoms with van der Waals surface area (Å²) < 4.78 is 15.9. The number of ether oxygens (including phenoxy) is 3. The zero-order valence-corrected chi connectivity index (χ0v) is 21.8. The molecule has 0 bridgehead atoms.